The molecule has 0 saturated carbocycles. The maximum atomic E-state index is 5.64. The number of aromatic nitrogens is 1. The third-order valence-corrected chi connectivity index (χ3v) is 3.87. The molecule has 0 fully saturated rings. The van der Waals surface area contributed by atoms with Gasteiger partial charge in [-0.3, -0.25) is 0 Å². The van der Waals surface area contributed by atoms with Crippen molar-refractivity contribution in [2.45, 2.75) is 26.4 Å². The number of benzene rings is 1. The van der Waals surface area contributed by atoms with Crippen LogP contribution in [0.3, 0.4) is 0 Å². The fourth-order valence-electron chi connectivity index (χ4n) is 1.56. The van der Waals surface area contributed by atoms with Crippen molar-refractivity contribution in [1.82, 2.24) is 10.3 Å². The van der Waals surface area contributed by atoms with Crippen LogP contribution in [0.2, 0.25) is 0 Å². The lowest BCUT2D eigenvalue weighted by Gasteiger charge is -2.08. The van der Waals surface area contributed by atoms with Crippen molar-refractivity contribution in [2.24, 2.45) is 0 Å². The van der Waals surface area contributed by atoms with Gasteiger partial charge in [-0.2, -0.15) is 4.98 Å². The molecule has 0 radical (unpaired) electrons. The number of nitrogens with one attached hydrogen (secondary N) is 1. The second-order valence-corrected chi connectivity index (χ2v) is 6.37. The van der Waals surface area contributed by atoms with E-state index >= 15 is 0 Å². The molecule has 0 atom stereocenters. The minimum absolute atomic E-state index is 0.202. The fraction of sp³-hybridized carbons (Fsp3) is 0.357. The molecule has 2 aromatic rings. The number of hydrogen-bond donors (Lipinski definition) is 1. The smallest absolute Gasteiger partial charge is 0.399 e. The fourth-order valence-corrected chi connectivity index (χ4v) is 2.45. The van der Waals surface area contributed by atoms with Crippen molar-refractivity contribution in [2.75, 3.05) is 7.11 Å². The molecule has 0 amide bonds. The molecule has 1 aromatic heterocycles. The highest BCUT2D eigenvalue weighted by molar-refractivity contribution is 9.11. The van der Waals surface area contributed by atoms with Crippen LogP contribution >= 0.6 is 31.9 Å². The lowest BCUT2D eigenvalue weighted by Crippen LogP contribution is -2.21. The molecule has 0 bridgehead atoms. The van der Waals surface area contributed by atoms with Gasteiger partial charge in [-0.25, -0.2) is 0 Å². The number of ether oxygens (including phenoxy) is 2. The first-order valence-electron chi connectivity index (χ1n) is 6.38. The van der Waals surface area contributed by atoms with E-state index in [1.807, 2.05) is 6.07 Å². The molecule has 0 spiro atoms. The van der Waals surface area contributed by atoms with Gasteiger partial charge in [-0.1, -0.05) is 13.8 Å². The van der Waals surface area contributed by atoms with Gasteiger partial charge in [-0.15, -0.1) is 0 Å². The summed E-state index contributed by atoms with van der Waals surface area (Å²) >= 11 is 6.84. The van der Waals surface area contributed by atoms with E-state index in [0.29, 0.717) is 24.1 Å². The highest BCUT2D eigenvalue weighted by Gasteiger charge is 2.12. The summed E-state index contributed by atoms with van der Waals surface area (Å²) in [7, 11) is 1.61. The Kier molecular flexibility index (Phi) is 5.66. The summed E-state index contributed by atoms with van der Waals surface area (Å²) in [5.41, 5.74) is 0.794. The first kappa shape index (κ1) is 16.3. The standard InChI is InChI=1S/C14H16Br2N2O3/c1-8(2)17-6-9-7-20-14(18-9)21-13-5-10(15)12(19-3)4-11(13)16/h4-5,7-8,17H,6H2,1-3H3. The summed E-state index contributed by atoms with van der Waals surface area (Å²) in [4.78, 5) is 4.27. The van der Waals surface area contributed by atoms with Crippen molar-refractivity contribution in [3.63, 3.8) is 0 Å². The number of rotatable bonds is 6. The Labute approximate surface area is 140 Å². The van der Waals surface area contributed by atoms with Crippen LogP contribution in [0.1, 0.15) is 19.5 Å². The Hall–Kier alpha value is -1.05. The van der Waals surface area contributed by atoms with Gasteiger partial charge >= 0.3 is 6.08 Å². The van der Waals surface area contributed by atoms with Gasteiger partial charge in [0, 0.05) is 18.7 Å². The average Bonchev–Trinajstić information content (AvgIpc) is 2.88. The van der Waals surface area contributed by atoms with Crippen LogP contribution in [-0.4, -0.2) is 18.1 Å². The van der Waals surface area contributed by atoms with E-state index in [9.17, 15) is 0 Å². The number of methoxy groups -OCH3 is 1. The van der Waals surface area contributed by atoms with Crippen LogP contribution in [0.5, 0.6) is 17.6 Å². The Morgan fingerprint density at radius 2 is 1.90 bits per heavy atom. The Morgan fingerprint density at radius 1 is 1.24 bits per heavy atom. The third kappa shape index (κ3) is 4.46. The molecule has 1 aromatic carbocycles. The van der Waals surface area contributed by atoms with Gasteiger partial charge in [0.15, 0.2) is 0 Å². The SMILES string of the molecule is COc1cc(Br)c(Oc2nc(CNC(C)C)co2)cc1Br. The molecule has 2 rings (SSSR count). The van der Waals surface area contributed by atoms with E-state index in [1.165, 1.54) is 0 Å². The molecule has 0 saturated heterocycles. The Balaban J connectivity index is 2.10. The molecular formula is C14H16Br2N2O3. The number of halogens is 2. The second-order valence-electron chi connectivity index (χ2n) is 4.66. The molecule has 7 heteroatoms. The van der Waals surface area contributed by atoms with Crippen molar-refractivity contribution in [1.29, 1.82) is 0 Å². The molecule has 114 valence electrons. The van der Waals surface area contributed by atoms with E-state index in [-0.39, 0.29) is 6.08 Å². The summed E-state index contributed by atoms with van der Waals surface area (Å²) < 4.78 is 17.7. The summed E-state index contributed by atoms with van der Waals surface area (Å²) in [5.74, 6) is 1.30. The number of hydrogen-bond acceptors (Lipinski definition) is 5. The first-order chi connectivity index (χ1) is 9.99. The third-order valence-electron chi connectivity index (χ3n) is 2.63. The highest BCUT2D eigenvalue weighted by Crippen LogP contribution is 2.37. The normalized spacial score (nSPS) is 11.0. The van der Waals surface area contributed by atoms with Crippen LogP contribution in [0.25, 0.3) is 0 Å². The minimum atomic E-state index is 0.202. The maximum absolute atomic E-state index is 5.64. The average molecular weight is 420 g/mol. The zero-order valence-electron chi connectivity index (χ0n) is 11.9. The van der Waals surface area contributed by atoms with Gasteiger partial charge in [-0.05, 0) is 37.9 Å². The van der Waals surface area contributed by atoms with E-state index in [1.54, 1.807) is 19.4 Å². The molecule has 0 aliphatic rings. The van der Waals surface area contributed by atoms with Gasteiger partial charge < -0.3 is 19.2 Å². The maximum Gasteiger partial charge on any atom is 0.399 e. The van der Waals surface area contributed by atoms with E-state index in [0.717, 1.165) is 14.6 Å². The van der Waals surface area contributed by atoms with Crippen LogP contribution in [0.4, 0.5) is 0 Å². The number of nitrogens with zero attached hydrogens (tertiary/aromatic N) is 1. The van der Waals surface area contributed by atoms with Crippen LogP contribution in [0, 0.1) is 0 Å². The predicted molar refractivity (Wildman–Crippen MR) is 86.9 cm³/mol. The predicted octanol–water partition coefficient (Wildman–Crippen LogP) is 4.50. The lowest BCUT2D eigenvalue weighted by molar-refractivity contribution is 0.328. The van der Waals surface area contributed by atoms with Crippen molar-refractivity contribution >= 4 is 31.9 Å². The Morgan fingerprint density at radius 3 is 2.57 bits per heavy atom. The van der Waals surface area contributed by atoms with Gasteiger partial charge in [0.1, 0.15) is 17.8 Å². The van der Waals surface area contributed by atoms with Crippen molar-refractivity contribution in [3.05, 3.63) is 33.0 Å². The summed E-state index contributed by atoms with van der Waals surface area (Å²) in [5, 5.41) is 3.26. The van der Waals surface area contributed by atoms with Crippen LogP contribution in [-0.2, 0) is 6.54 Å². The topological polar surface area (TPSA) is 56.5 Å². The van der Waals surface area contributed by atoms with Crippen LogP contribution < -0.4 is 14.8 Å². The quantitative estimate of drug-likeness (QED) is 0.746. The molecule has 1 heterocycles. The molecule has 0 unspecified atom stereocenters. The summed E-state index contributed by atoms with van der Waals surface area (Å²) in [6, 6.07) is 3.99. The second kappa shape index (κ2) is 7.29. The van der Waals surface area contributed by atoms with Crippen molar-refractivity contribution in [3.8, 4) is 17.6 Å². The zero-order chi connectivity index (χ0) is 15.4. The van der Waals surface area contributed by atoms with E-state index in [4.69, 9.17) is 13.9 Å². The lowest BCUT2D eigenvalue weighted by atomic mass is 10.3. The summed E-state index contributed by atoms with van der Waals surface area (Å²) in [6.07, 6.45) is 1.78. The van der Waals surface area contributed by atoms with Crippen molar-refractivity contribution < 1.29 is 13.9 Å². The first-order valence-corrected chi connectivity index (χ1v) is 7.97. The van der Waals surface area contributed by atoms with Gasteiger partial charge in [0.2, 0.25) is 0 Å². The van der Waals surface area contributed by atoms with Gasteiger partial charge in [0.25, 0.3) is 0 Å². The summed E-state index contributed by atoms with van der Waals surface area (Å²) in [6.45, 7) is 4.78. The minimum Gasteiger partial charge on any atom is -0.496 e. The molecule has 0 aliphatic carbocycles. The largest absolute Gasteiger partial charge is 0.496 e. The molecule has 0 aliphatic heterocycles. The molecule has 1 N–H and O–H groups in total. The van der Waals surface area contributed by atoms with Crippen LogP contribution in [0.15, 0.2) is 31.8 Å². The molecule has 5 nitrogen and oxygen atoms in total. The zero-order valence-corrected chi connectivity index (χ0v) is 15.1. The molecular weight excluding hydrogens is 404 g/mol. The van der Waals surface area contributed by atoms with E-state index < -0.39 is 0 Å². The van der Waals surface area contributed by atoms with E-state index in [2.05, 4.69) is 56.0 Å². The molecule has 21 heavy (non-hydrogen) atoms. The Bertz CT molecular complexity index is 614. The number of oxazole rings is 1. The highest BCUT2D eigenvalue weighted by atomic mass is 79.9. The van der Waals surface area contributed by atoms with Gasteiger partial charge in [0.05, 0.1) is 21.7 Å². The monoisotopic (exact) mass is 418 g/mol.